The number of nitrogens with zero attached hydrogens (tertiary/aromatic N) is 1. The molecular weight excluding hydrogens is 328 g/mol. The fourth-order valence-electron chi connectivity index (χ4n) is 3.37. The topological polar surface area (TPSA) is 24.5 Å². The summed E-state index contributed by atoms with van der Waals surface area (Å²) in [5.41, 5.74) is 2.73. The molecule has 3 nitrogen and oxygen atoms in total. The van der Waals surface area contributed by atoms with Crippen LogP contribution in [0.4, 0.5) is 0 Å². The normalized spacial score (nSPS) is 20.1. The van der Waals surface area contributed by atoms with Gasteiger partial charge in [0.15, 0.2) is 0 Å². The summed E-state index contributed by atoms with van der Waals surface area (Å²) in [5, 5.41) is 3.67. The van der Waals surface area contributed by atoms with Gasteiger partial charge >= 0.3 is 0 Å². The van der Waals surface area contributed by atoms with E-state index in [1.54, 1.807) is 0 Å². The van der Waals surface area contributed by atoms with Gasteiger partial charge in [-0.3, -0.25) is 0 Å². The van der Waals surface area contributed by atoms with Crippen LogP contribution >= 0.6 is 11.3 Å². The second-order valence-electron chi connectivity index (χ2n) is 7.39. The molecule has 1 saturated heterocycles. The number of hydrogen-bond donors (Lipinski definition) is 1. The van der Waals surface area contributed by atoms with Crippen molar-refractivity contribution >= 4 is 11.3 Å². The summed E-state index contributed by atoms with van der Waals surface area (Å²) in [7, 11) is 4.24. The lowest BCUT2D eigenvalue weighted by molar-refractivity contribution is 0.0666. The fraction of sp³-hybridized carbons (Fsp3) is 0.476. The summed E-state index contributed by atoms with van der Waals surface area (Å²) in [5.74, 6) is 0.611. The zero-order chi connectivity index (χ0) is 17.8. The minimum absolute atomic E-state index is 0.323. The van der Waals surface area contributed by atoms with Crippen molar-refractivity contribution in [1.82, 2.24) is 10.2 Å². The van der Waals surface area contributed by atoms with Crippen LogP contribution in [0.3, 0.4) is 0 Å². The van der Waals surface area contributed by atoms with Gasteiger partial charge in [0.25, 0.3) is 0 Å². The van der Waals surface area contributed by atoms with Crippen LogP contribution in [0.5, 0.6) is 0 Å². The van der Waals surface area contributed by atoms with Crippen LogP contribution in [0.25, 0.3) is 10.4 Å². The summed E-state index contributed by atoms with van der Waals surface area (Å²) in [6.07, 6.45) is 1.12. The van der Waals surface area contributed by atoms with Crippen LogP contribution < -0.4 is 5.32 Å². The Morgan fingerprint density at radius 1 is 1.24 bits per heavy atom. The van der Waals surface area contributed by atoms with Crippen LogP contribution in [-0.4, -0.2) is 32.2 Å². The molecule has 1 fully saturated rings. The summed E-state index contributed by atoms with van der Waals surface area (Å²) in [6, 6.07) is 14.9. The first-order chi connectivity index (χ1) is 12.0. The van der Waals surface area contributed by atoms with Gasteiger partial charge in [0.2, 0.25) is 0 Å². The van der Waals surface area contributed by atoms with E-state index in [0.29, 0.717) is 12.0 Å². The molecule has 0 amide bonds. The molecule has 0 aliphatic carbocycles. The van der Waals surface area contributed by atoms with Crippen LogP contribution in [0.1, 0.15) is 36.8 Å². The molecule has 2 unspecified atom stereocenters. The van der Waals surface area contributed by atoms with Crippen molar-refractivity contribution in [2.75, 3.05) is 27.3 Å². The van der Waals surface area contributed by atoms with Crippen molar-refractivity contribution in [3.8, 4) is 10.4 Å². The van der Waals surface area contributed by atoms with E-state index >= 15 is 0 Å². The Labute approximate surface area is 156 Å². The minimum Gasteiger partial charge on any atom is -0.379 e. The van der Waals surface area contributed by atoms with E-state index in [0.717, 1.165) is 26.2 Å². The van der Waals surface area contributed by atoms with Gasteiger partial charge in [0, 0.05) is 28.9 Å². The average Bonchev–Trinajstić information content (AvgIpc) is 3.05. The van der Waals surface area contributed by atoms with Crippen LogP contribution in [0.2, 0.25) is 0 Å². The highest BCUT2D eigenvalue weighted by atomic mass is 32.1. The molecule has 0 bridgehead atoms. The van der Waals surface area contributed by atoms with Gasteiger partial charge in [-0.25, -0.2) is 0 Å². The third kappa shape index (κ3) is 4.91. The Kier molecular flexibility index (Phi) is 6.29. The van der Waals surface area contributed by atoms with Gasteiger partial charge in [-0.15, -0.1) is 11.3 Å². The van der Waals surface area contributed by atoms with Crippen molar-refractivity contribution in [1.29, 1.82) is 0 Å². The summed E-state index contributed by atoms with van der Waals surface area (Å²) < 4.78 is 5.66. The van der Waals surface area contributed by atoms with E-state index in [2.05, 4.69) is 74.6 Å². The number of hydrogen-bond acceptors (Lipinski definition) is 4. The smallest absolute Gasteiger partial charge is 0.0667 e. The first-order valence-corrected chi connectivity index (χ1v) is 9.86. The molecule has 3 rings (SSSR count). The molecule has 0 saturated carbocycles. The summed E-state index contributed by atoms with van der Waals surface area (Å²) in [6.45, 7) is 7.08. The standard InChI is InChI=1S/C21H29N2OS/c1-15-11-18(14-24-13-15)22-16(2)20-9-10-21(25-20)19-8-6-5-7-17(19)12-23(3)4/h5-10,15-16,22H,11-14H2,1-4H3. The number of ether oxygens (including phenoxy) is 1. The van der Waals surface area contributed by atoms with E-state index in [1.165, 1.54) is 26.9 Å². The van der Waals surface area contributed by atoms with E-state index in [9.17, 15) is 0 Å². The van der Waals surface area contributed by atoms with E-state index in [4.69, 9.17) is 4.74 Å². The van der Waals surface area contributed by atoms with Crippen molar-refractivity contribution < 1.29 is 4.74 Å². The first-order valence-electron chi connectivity index (χ1n) is 9.04. The molecule has 2 aromatic rings. The first kappa shape index (κ1) is 18.6. The predicted octanol–water partition coefficient (Wildman–Crippen LogP) is 4.72. The molecule has 1 radical (unpaired) electrons. The van der Waals surface area contributed by atoms with Crippen LogP contribution in [0, 0.1) is 12.0 Å². The molecule has 135 valence electrons. The Morgan fingerprint density at radius 2 is 2.04 bits per heavy atom. The Balaban J connectivity index is 1.72. The molecule has 1 aromatic carbocycles. The summed E-state index contributed by atoms with van der Waals surface area (Å²) >= 11 is 1.89. The molecule has 4 heteroatoms. The molecule has 1 aliphatic heterocycles. The number of benzene rings is 1. The molecule has 0 spiro atoms. The lowest BCUT2D eigenvalue weighted by Crippen LogP contribution is -2.34. The van der Waals surface area contributed by atoms with E-state index < -0.39 is 0 Å². The van der Waals surface area contributed by atoms with E-state index in [1.807, 2.05) is 11.3 Å². The van der Waals surface area contributed by atoms with Gasteiger partial charge in [0.1, 0.15) is 0 Å². The van der Waals surface area contributed by atoms with Gasteiger partial charge in [0.05, 0.1) is 12.6 Å². The predicted molar refractivity (Wildman–Crippen MR) is 107 cm³/mol. The quantitative estimate of drug-likeness (QED) is 0.810. The molecule has 25 heavy (non-hydrogen) atoms. The van der Waals surface area contributed by atoms with Gasteiger partial charge in [-0.2, -0.15) is 0 Å². The highest BCUT2D eigenvalue weighted by Gasteiger charge is 2.22. The lowest BCUT2D eigenvalue weighted by atomic mass is 10.00. The van der Waals surface area contributed by atoms with Crippen LogP contribution in [-0.2, 0) is 11.3 Å². The summed E-state index contributed by atoms with van der Waals surface area (Å²) in [4.78, 5) is 4.94. The third-order valence-corrected chi connectivity index (χ3v) is 5.82. The Bertz CT molecular complexity index is 682. The number of rotatable bonds is 6. The van der Waals surface area contributed by atoms with Gasteiger partial charge < -0.3 is 15.0 Å². The molecule has 1 aliphatic rings. The Hall–Kier alpha value is -1.20. The van der Waals surface area contributed by atoms with Crippen molar-refractivity contribution in [3.63, 3.8) is 0 Å². The maximum atomic E-state index is 5.66. The van der Waals surface area contributed by atoms with Crippen molar-refractivity contribution in [2.45, 2.75) is 32.9 Å². The zero-order valence-electron chi connectivity index (χ0n) is 15.7. The highest BCUT2D eigenvalue weighted by molar-refractivity contribution is 7.15. The molecule has 1 N–H and O–H groups in total. The van der Waals surface area contributed by atoms with Gasteiger partial charge in [-0.1, -0.05) is 31.2 Å². The largest absolute Gasteiger partial charge is 0.379 e. The van der Waals surface area contributed by atoms with Crippen molar-refractivity contribution in [3.05, 3.63) is 52.9 Å². The fourth-order valence-corrected chi connectivity index (χ4v) is 4.44. The Morgan fingerprint density at radius 3 is 2.80 bits per heavy atom. The molecule has 2 atom stereocenters. The minimum atomic E-state index is 0.323. The number of thiophene rings is 1. The zero-order valence-corrected chi connectivity index (χ0v) is 16.5. The number of nitrogens with one attached hydrogen (secondary N) is 1. The maximum Gasteiger partial charge on any atom is 0.0667 e. The SMILES string of the molecule is CC1COC[C](NC(C)c2ccc(-c3ccccc3CN(C)C)s2)C1. The molecular formula is C21H29N2OS. The highest BCUT2D eigenvalue weighted by Crippen LogP contribution is 2.34. The average molecular weight is 358 g/mol. The molecule has 2 heterocycles. The second kappa shape index (κ2) is 8.45. The maximum absolute atomic E-state index is 5.66. The van der Waals surface area contributed by atoms with Crippen molar-refractivity contribution in [2.24, 2.45) is 5.92 Å². The monoisotopic (exact) mass is 357 g/mol. The molecule has 1 aromatic heterocycles. The van der Waals surface area contributed by atoms with E-state index in [-0.39, 0.29) is 0 Å². The van der Waals surface area contributed by atoms with Crippen LogP contribution in [0.15, 0.2) is 36.4 Å². The second-order valence-corrected chi connectivity index (χ2v) is 8.51. The third-order valence-electron chi connectivity index (χ3n) is 4.52. The van der Waals surface area contributed by atoms with Gasteiger partial charge in [-0.05, 0) is 56.6 Å². The lowest BCUT2D eigenvalue weighted by Gasteiger charge is -2.29.